The summed E-state index contributed by atoms with van der Waals surface area (Å²) in [5.74, 6) is -2.89. The lowest BCUT2D eigenvalue weighted by Gasteiger charge is -2.14. The average Bonchev–Trinajstić information content (AvgIpc) is 3.04. The van der Waals surface area contributed by atoms with Gasteiger partial charge >= 0.3 is 0 Å². The minimum atomic E-state index is -0.969. The number of thioether (sulfide) groups is 2. The number of rotatable bonds is 10. The number of nitrogens with two attached hydrogens (primary N) is 2. The van der Waals surface area contributed by atoms with Gasteiger partial charge in [-0.2, -0.15) is 0 Å². The van der Waals surface area contributed by atoms with E-state index in [1.165, 1.54) is 64.3 Å². The Bertz CT molecular complexity index is 1760. The van der Waals surface area contributed by atoms with Crippen LogP contribution < -0.4 is 20.9 Å². The third-order valence-electron chi connectivity index (χ3n) is 5.80. The number of nitrogen functional groups attached to an aromatic ring is 2. The van der Waals surface area contributed by atoms with Gasteiger partial charge in [0.25, 0.3) is 5.91 Å². The molecule has 19 heteroatoms. The molecule has 0 fully saturated rings. The number of anilines is 2. The van der Waals surface area contributed by atoms with E-state index >= 15 is 0 Å². The Labute approximate surface area is 303 Å². The van der Waals surface area contributed by atoms with Gasteiger partial charge in [-0.3, -0.25) is 14.4 Å². The fraction of sp³-hybridized carbons (Fsp3) is 0.290. The first kappa shape index (κ1) is 43.8. The van der Waals surface area contributed by atoms with Gasteiger partial charge in [-0.1, -0.05) is 44.8 Å². The van der Waals surface area contributed by atoms with Gasteiger partial charge in [-0.25, -0.2) is 42.6 Å². The number of aromatic nitrogens is 4. The summed E-state index contributed by atoms with van der Waals surface area (Å²) in [5.41, 5.74) is 11.4. The van der Waals surface area contributed by atoms with Crippen LogP contribution in [0.5, 0.6) is 11.5 Å². The van der Waals surface area contributed by atoms with E-state index in [2.05, 4.69) is 40.6 Å². The van der Waals surface area contributed by atoms with Crippen LogP contribution in [-0.2, 0) is 4.84 Å². The second-order valence-electron chi connectivity index (χ2n) is 8.95. The molecular formula is C31H36BrF4N7O5S2. The molecule has 50 heavy (non-hydrogen) atoms. The third kappa shape index (κ3) is 12.0. The third-order valence-corrected chi connectivity index (χ3v) is 7.87. The number of nitrogens with zero attached hydrogens (tertiary/aromatic N) is 5. The Morgan fingerprint density at radius 3 is 1.66 bits per heavy atom. The summed E-state index contributed by atoms with van der Waals surface area (Å²) in [6, 6.07) is 3.43. The molecule has 0 unspecified atom stereocenters. The summed E-state index contributed by atoms with van der Waals surface area (Å²) in [4.78, 5) is 45.0. The quantitative estimate of drug-likeness (QED) is 0.0561. The fourth-order valence-corrected chi connectivity index (χ4v) is 5.22. The lowest BCUT2D eigenvalue weighted by molar-refractivity contribution is -0.0756. The number of carbonyl (C=O) groups excluding carboxylic acids is 2. The minimum Gasteiger partial charge on any atom is -0.493 e. The molecule has 0 radical (unpaired) electrons. The van der Waals surface area contributed by atoms with Crippen molar-refractivity contribution in [3.05, 3.63) is 81.1 Å². The Balaban J connectivity index is 0.000000394. The molecule has 0 bridgehead atoms. The van der Waals surface area contributed by atoms with Crippen molar-refractivity contribution in [2.75, 3.05) is 51.4 Å². The SMILES string of the molecule is C.CCSc1ncc(C(=O)N(C)OC)c(N)n1.CCSc1ncc(C(=O)c2cc(F)cc(F)c2OC)c(N)n1.COc1c(F)cc(F)cc1Br. The Hall–Kier alpha value is -4.20. The molecule has 12 nitrogen and oxygen atoms in total. The van der Waals surface area contributed by atoms with Crippen molar-refractivity contribution in [3.8, 4) is 11.5 Å². The van der Waals surface area contributed by atoms with Crippen LogP contribution in [0.3, 0.4) is 0 Å². The number of hydrogen-bond donors (Lipinski definition) is 2. The van der Waals surface area contributed by atoms with E-state index in [-0.39, 0.29) is 57.6 Å². The smallest absolute Gasteiger partial charge is 0.282 e. The molecule has 4 aromatic rings. The first-order valence-corrected chi connectivity index (χ1v) is 16.6. The van der Waals surface area contributed by atoms with Crippen molar-refractivity contribution < 1.29 is 41.5 Å². The Morgan fingerprint density at radius 2 is 1.24 bits per heavy atom. The highest BCUT2D eigenvalue weighted by Gasteiger charge is 2.23. The van der Waals surface area contributed by atoms with Crippen LogP contribution in [0.4, 0.5) is 29.2 Å². The highest BCUT2D eigenvalue weighted by atomic mass is 79.9. The Kier molecular flexibility index (Phi) is 18.5. The molecule has 2 heterocycles. The van der Waals surface area contributed by atoms with Gasteiger partial charge in [0, 0.05) is 31.6 Å². The number of ketones is 1. The lowest BCUT2D eigenvalue weighted by Crippen LogP contribution is -2.26. The molecule has 272 valence electrons. The molecular weight excluding hydrogens is 770 g/mol. The highest BCUT2D eigenvalue weighted by Crippen LogP contribution is 2.29. The molecule has 4 N–H and O–H groups in total. The van der Waals surface area contributed by atoms with E-state index in [1.54, 1.807) is 0 Å². The van der Waals surface area contributed by atoms with E-state index in [9.17, 15) is 27.2 Å². The molecule has 2 aromatic heterocycles. The number of hydrogen-bond acceptors (Lipinski definition) is 13. The van der Waals surface area contributed by atoms with Crippen LogP contribution in [0.15, 0.2) is 51.4 Å². The van der Waals surface area contributed by atoms with Crippen molar-refractivity contribution in [1.82, 2.24) is 25.0 Å². The second kappa shape index (κ2) is 21.1. The standard InChI is InChI=1S/C14H13F2N3O2S.C9H14N4O2S.C7H5BrF2O.CH4/c1-3-22-14-18-6-9(13(17)19-14)11(20)8-4-7(15)5-10(16)12(8)21-2;1-4-16-9-11-5-6(7(10)12-9)8(14)13(2)15-3;1-11-7-5(8)2-4(9)3-6(7)10;/h4-6H,3H2,1-2H3,(H2,17,18,19);5H,4H2,1-3H3,(H2,10,11,12);2-3H,1H3;1H4. The number of methoxy groups -OCH3 is 2. The van der Waals surface area contributed by atoms with Gasteiger partial charge in [-0.05, 0) is 39.6 Å². The zero-order valence-corrected chi connectivity index (χ0v) is 30.2. The molecule has 0 aliphatic carbocycles. The summed E-state index contributed by atoms with van der Waals surface area (Å²) < 4.78 is 61.9. The molecule has 1 amide bonds. The maximum Gasteiger partial charge on any atom is 0.282 e. The van der Waals surface area contributed by atoms with E-state index < -0.39 is 29.1 Å². The Morgan fingerprint density at radius 1 is 0.780 bits per heavy atom. The van der Waals surface area contributed by atoms with Crippen molar-refractivity contribution in [2.45, 2.75) is 31.6 Å². The summed E-state index contributed by atoms with van der Waals surface area (Å²) in [7, 11) is 5.40. The van der Waals surface area contributed by atoms with Gasteiger partial charge in [0.1, 0.15) is 28.8 Å². The van der Waals surface area contributed by atoms with Gasteiger partial charge in [0.2, 0.25) is 5.78 Å². The molecule has 0 atom stereocenters. The minimum absolute atomic E-state index is 0. The molecule has 0 saturated carbocycles. The zero-order chi connectivity index (χ0) is 36.8. The fourth-order valence-electron chi connectivity index (χ4n) is 3.55. The van der Waals surface area contributed by atoms with Crippen LogP contribution in [0.1, 0.15) is 47.6 Å². The summed E-state index contributed by atoms with van der Waals surface area (Å²) in [6.45, 7) is 3.91. The van der Waals surface area contributed by atoms with Crippen LogP contribution in [0.2, 0.25) is 0 Å². The predicted molar refractivity (Wildman–Crippen MR) is 188 cm³/mol. The normalized spacial score (nSPS) is 10.1. The van der Waals surface area contributed by atoms with Crippen molar-refractivity contribution in [3.63, 3.8) is 0 Å². The van der Waals surface area contributed by atoms with Gasteiger partial charge in [0.05, 0.1) is 36.9 Å². The monoisotopic (exact) mass is 805 g/mol. The number of amides is 1. The van der Waals surface area contributed by atoms with E-state index in [0.29, 0.717) is 16.4 Å². The molecule has 0 saturated heterocycles. The van der Waals surface area contributed by atoms with Crippen molar-refractivity contribution >= 4 is 62.8 Å². The maximum atomic E-state index is 13.7. The molecule has 0 aliphatic heterocycles. The average molecular weight is 807 g/mol. The van der Waals surface area contributed by atoms with Gasteiger partial charge in [0.15, 0.2) is 33.4 Å². The van der Waals surface area contributed by atoms with Crippen molar-refractivity contribution in [2.24, 2.45) is 0 Å². The van der Waals surface area contributed by atoms with E-state index in [4.69, 9.17) is 21.0 Å². The molecule has 4 rings (SSSR count). The van der Waals surface area contributed by atoms with Crippen LogP contribution in [-0.4, -0.2) is 76.6 Å². The first-order chi connectivity index (χ1) is 23.2. The number of carbonyl (C=O) groups is 2. The number of ether oxygens (including phenoxy) is 2. The van der Waals surface area contributed by atoms with E-state index in [0.717, 1.165) is 34.8 Å². The van der Waals surface area contributed by atoms with Crippen LogP contribution in [0, 0.1) is 23.3 Å². The number of halogens is 5. The lowest BCUT2D eigenvalue weighted by atomic mass is 10.0. The summed E-state index contributed by atoms with van der Waals surface area (Å²) in [5, 5.41) is 2.06. The van der Waals surface area contributed by atoms with Crippen molar-refractivity contribution in [1.29, 1.82) is 0 Å². The molecule has 0 aliphatic rings. The molecule has 2 aromatic carbocycles. The largest absolute Gasteiger partial charge is 0.493 e. The van der Waals surface area contributed by atoms with Crippen LogP contribution in [0.25, 0.3) is 0 Å². The maximum absolute atomic E-state index is 13.7. The number of benzene rings is 2. The first-order valence-electron chi connectivity index (χ1n) is 13.8. The zero-order valence-electron chi connectivity index (χ0n) is 27.0. The summed E-state index contributed by atoms with van der Waals surface area (Å²) >= 11 is 5.78. The van der Waals surface area contributed by atoms with E-state index in [1.807, 2.05) is 13.8 Å². The highest BCUT2D eigenvalue weighted by molar-refractivity contribution is 9.10. The predicted octanol–water partition coefficient (Wildman–Crippen LogP) is 6.86. The topological polar surface area (TPSA) is 169 Å². The van der Waals surface area contributed by atoms with Crippen LogP contribution >= 0.6 is 39.5 Å². The number of hydroxylamine groups is 2. The van der Waals surface area contributed by atoms with Gasteiger partial charge < -0.3 is 20.9 Å². The molecule has 0 spiro atoms. The second-order valence-corrected chi connectivity index (χ2v) is 12.3. The van der Waals surface area contributed by atoms with Gasteiger partial charge in [-0.15, -0.1) is 0 Å². The summed E-state index contributed by atoms with van der Waals surface area (Å²) in [6.07, 6.45) is 2.66.